The Morgan fingerprint density at radius 1 is 1.35 bits per heavy atom. The predicted octanol–water partition coefficient (Wildman–Crippen LogP) is 2.88. The molecule has 0 aromatic heterocycles. The summed E-state index contributed by atoms with van der Waals surface area (Å²) in [6, 6.07) is 8.80. The van der Waals surface area contributed by atoms with Gasteiger partial charge in [-0.15, -0.1) is 0 Å². The highest BCUT2D eigenvalue weighted by Crippen LogP contribution is 2.18. The van der Waals surface area contributed by atoms with Crippen molar-refractivity contribution in [3.8, 4) is 0 Å². The highest BCUT2D eigenvalue weighted by molar-refractivity contribution is 5.78. The summed E-state index contributed by atoms with van der Waals surface area (Å²) in [4.78, 5) is 14.4. The molecule has 1 aliphatic heterocycles. The summed E-state index contributed by atoms with van der Waals surface area (Å²) in [7, 11) is 0. The molecule has 2 rings (SSSR count). The molecule has 1 atom stereocenters. The number of rotatable bonds is 5. The Kier molecular flexibility index (Phi) is 5.60. The van der Waals surface area contributed by atoms with Gasteiger partial charge in [-0.05, 0) is 43.9 Å². The second-order valence-corrected chi connectivity index (χ2v) is 5.73. The van der Waals surface area contributed by atoms with Gasteiger partial charge in [0.15, 0.2) is 0 Å². The number of carbonyl (C=O) groups excluding carboxylic acids is 1. The first-order valence-corrected chi connectivity index (χ1v) is 7.76. The molecule has 110 valence electrons. The lowest BCUT2D eigenvalue weighted by molar-refractivity contribution is -0.123. The summed E-state index contributed by atoms with van der Waals surface area (Å²) in [5.41, 5.74) is 2.43. The quantitative estimate of drug-likeness (QED) is 0.895. The zero-order chi connectivity index (χ0) is 14.4. The SMILES string of the molecule is CCC1CCCCN1CC(=O)NCc1ccccc1C. The number of hydrogen-bond donors (Lipinski definition) is 1. The van der Waals surface area contributed by atoms with Gasteiger partial charge < -0.3 is 5.32 Å². The van der Waals surface area contributed by atoms with Gasteiger partial charge in [-0.1, -0.05) is 37.6 Å². The second kappa shape index (κ2) is 7.44. The average molecular weight is 274 g/mol. The van der Waals surface area contributed by atoms with E-state index in [0.717, 1.165) is 13.0 Å². The largest absolute Gasteiger partial charge is 0.351 e. The van der Waals surface area contributed by atoms with Gasteiger partial charge in [0.25, 0.3) is 0 Å². The van der Waals surface area contributed by atoms with E-state index < -0.39 is 0 Å². The molecule has 0 spiro atoms. The normalized spacial score (nSPS) is 19.8. The van der Waals surface area contributed by atoms with E-state index in [9.17, 15) is 4.79 Å². The lowest BCUT2D eigenvalue weighted by Crippen LogP contribution is -2.45. The van der Waals surface area contributed by atoms with Gasteiger partial charge in [0.2, 0.25) is 5.91 Å². The molecule has 3 nitrogen and oxygen atoms in total. The van der Waals surface area contributed by atoms with Crippen LogP contribution in [0.4, 0.5) is 0 Å². The van der Waals surface area contributed by atoms with Crippen LogP contribution >= 0.6 is 0 Å². The van der Waals surface area contributed by atoms with E-state index in [2.05, 4.69) is 36.2 Å². The third-order valence-corrected chi connectivity index (χ3v) is 4.30. The fraction of sp³-hybridized carbons (Fsp3) is 0.588. The molecule has 0 aliphatic carbocycles. The summed E-state index contributed by atoms with van der Waals surface area (Å²) in [6.45, 7) is 6.55. The summed E-state index contributed by atoms with van der Waals surface area (Å²) in [5, 5.41) is 3.05. The molecule has 1 N–H and O–H groups in total. The Morgan fingerprint density at radius 2 is 2.15 bits per heavy atom. The van der Waals surface area contributed by atoms with Crippen LogP contribution in [0.2, 0.25) is 0 Å². The Morgan fingerprint density at radius 3 is 2.90 bits per heavy atom. The van der Waals surface area contributed by atoms with Crippen LogP contribution in [-0.2, 0) is 11.3 Å². The molecule has 1 unspecified atom stereocenters. The monoisotopic (exact) mass is 274 g/mol. The third kappa shape index (κ3) is 4.07. The average Bonchev–Trinajstić information content (AvgIpc) is 2.47. The molecule has 1 aromatic carbocycles. The molecular weight excluding hydrogens is 248 g/mol. The van der Waals surface area contributed by atoms with Crippen LogP contribution in [0.1, 0.15) is 43.7 Å². The van der Waals surface area contributed by atoms with E-state index in [-0.39, 0.29) is 5.91 Å². The van der Waals surface area contributed by atoms with E-state index in [0.29, 0.717) is 19.1 Å². The number of likely N-dealkylation sites (tertiary alicyclic amines) is 1. The third-order valence-electron chi connectivity index (χ3n) is 4.30. The van der Waals surface area contributed by atoms with Gasteiger partial charge in [-0.3, -0.25) is 9.69 Å². The summed E-state index contributed by atoms with van der Waals surface area (Å²) in [5.74, 6) is 0.147. The van der Waals surface area contributed by atoms with Gasteiger partial charge >= 0.3 is 0 Å². The van der Waals surface area contributed by atoms with Crippen molar-refractivity contribution in [1.82, 2.24) is 10.2 Å². The summed E-state index contributed by atoms with van der Waals surface area (Å²) in [6.07, 6.45) is 4.91. The minimum Gasteiger partial charge on any atom is -0.351 e. The Bertz CT molecular complexity index is 444. The number of piperidine rings is 1. The first-order chi connectivity index (χ1) is 9.70. The van der Waals surface area contributed by atoms with Gasteiger partial charge in [0.1, 0.15) is 0 Å². The standard InChI is InChI=1S/C17H26N2O/c1-3-16-10-6-7-11-19(16)13-17(20)18-12-15-9-5-4-8-14(15)2/h4-5,8-9,16H,3,6-7,10-13H2,1-2H3,(H,18,20). The maximum absolute atomic E-state index is 12.1. The van der Waals surface area contributed by atoms with E-state index >= 15 is 0 Å². The lowest BCUT2D eigenvalue weighted by atomic mass is 10.00. The Labute approximate surface area is 122 Å². The number of nitrogens with one attached hydrogen (secondary N) is 1. The molecule has 1 heterocycles. The molecule has 20 heavy (non-hydrogen) atoms. The van der Waals surface area contributed by atoms with Crippen LogP contribution in [0.25, 0.3) is 0 Å². The van der Waals surface area contributed by atoms with E-state index in [1.807, 2.05) is 12.1 Å². The minimum atomic E-state index is 0.147. The Hall–Kier alpha value is -1.35. The van der Waals surface area contributed by atoms with Crippen molar-refractivity contribution in [1.29, 1.82) is 0 Å². The molecule has 1 fully saturated rings. The number of hydrogen-bond acceptors (Lipinski definition) is 2. The first kappa shape index (κ1) is 15.0. The predicted molar refractivity (Wildman–Crippen MR) is 82.5 cm³/mol. The van der Waals surface area contributed by atoms with Crippen LogP contribution in [0.5, 0.6) is 0 Å². The molecule has 0 radical (unpaired) electrons. The minimum absolute atomic E-state index is 0.147. The van der Waals surface area contributed by atoms with E-state index in [1.165, 1.54) is 30.4 Å². The number of benzene rings is 1. The van der Waals surface area contributed by atoms with E-state index in [1.54, 1.807) is 0 Å². The molecule has 1 aliphatic rings. The number of aryl methyl sites for hydroxylation is 1. The molecule has 1 aromatic rings. The molecular formula is C17H26N2O. The lowest BCUT2D eigenvalue weighted by Gasteiger charge is -2.34. The molecule has 1 saturated heterocycles. The first-order valence-electron chi connectivity index (χ1n) is 7.76. The van der Waals surface area contributed by atoms with Crippen LogP contribution in [-0.4, -0.2) is 29.9 Å². The smallest absolute Gasteiger partial charge is 0.234 e. The zero-order valence-corrected chi connectivity index (χ0v) is 12.7. The highest BCUT2D eigenvalue weighted by Gasteiger charge is 2.22. The van der Waals surface area contributed by atoms with Crippen molar-refractivity contribution in [2.45, 2.75) is 52.1 Å². The van der Waals surface area contributed by atoms with Crippen LogP contribution in [0, 0.1) is 6.92 Å². The topological polar surface area (TPSA) is 32.3 Å². The van der Waals surface area contributed by atoms with Gasteiger partial charge in [-0.2, -0.15) is 0 Å². The molecule has 3 heteroatoms. The second-order valence-electron chi connectivity index (χ2n) is 5.73. The van der Waals surface area contributed by atoms with Crippen LogP contribution in [0.3, 0.4) is 0 Å². The van der Waals surface area contributed by atoms with Crippen molar-refractivity contribution < 1.29 is 4.79 Å². The number of carbonyl (C=O) groups is 1. The highest BCUT2D eigenvalue weighted by atomic mass is 16.2. The van der Waals surface area contributed by atoms with Gasteiger partial charge in [-0.25, -0.2) is 0 Å². The van der Waals surface area contributed by atoms with Crippen molar-refractivity contribution in [3.63, 3.8) is 0 Å². The fourth-order valence-corrected chi connectivity index (χ4v) is 2.97. The summed E-state index contributed by atoms with van der Waals surface area (Å²) < 4.78 is 0. The maximum atomic E-state index is 12.1. The van der Waals surface area contributed by atoms with Crippen molar-refractivity contribution in [3.05, 3.63) is 35.4 Å². The van der Waals surface area contributed by atoms with Gasteiger partial charge in [0, 0.05) is 12.6 Å². The maximum Gasteiger partial charge on any atom is 0.234 e. The molecule has 0 saturated carbocycles. The Balaban J connectivity index is 1.82. The van der Waals surface area contributed by atoms with Crippen LogP contribution in [0.15, 0.2) is 24.3 Å². The summed E-state index contributed by atoms with van der Waals surface area (Å²) >= 11 is 0. The number of amides is 1. The zero-order valence-electron chi connectivity index (χ0n) is 12.7. The van der Waals surface area contributed by atoms with Crippen molar-refractivity contribution in [2.75, 3.05) is 13.1 Å². The number of nitrogens with zero attached hydrogens (tertiary/aromatic N) is 1. The molecule has 0 bridgehead atoms. The van der Waals surface area contributed by atoms with Crippen LogP contribution < -0.4 is 5.32 Å². The van der Waals surface area contributed by atoms with Crippen molar-refractivity contribution in [2.24, 2.45) is 0 Å². The van der Waals surface area contributed by atoms with Crippen molar-refractivity contribution >= 4 is 5.91 Å². The van der Waals surface area contributed by atoms with Gasteiger partial charge in [0.05, 0.1) is 6.54 Å². The molecule has 1 amide bonds. The van der Waals surface area contributed by atoms with E-state index in [4.69, 9.17) is 0 Å². The fourth-order valence-electron chi connectivity index (χ4n) is 2.97.